The zero-order chi connectivity index (χ0) is 25.3. The average molecular weight is 491 g/mol. The Morgan fingerprint density at radius 1 is 1.17 bits per heavy atom. The maximum atomic E-state index is 12.0. The highest BCUT2D eigenvalue weighted by molar-refractivity contribution is 5.86. The molecule has 3 N–H and O–H groups in total. The number of nitrogens with one attached hydrogen (secondary N) is 3. The van der Waals surface area contributed by atoms with Gasteiger partial charge >= 0.3 is 6.09 Å². The van der Waals surface area contributed by atoms with Crippen LogP contribution in [-0.2, 0) is 4.74 Å². The van der Waals surface area contributed by atoms with Crippen LogP contribution >= 0.6 is 0 Å². The maximum Gasteiger partial charge on any atom is 0.407 e. The molecule has 0 unspecified atom stereocenters. The van der Waals surface area contributed by atoms with Crippen molar-refractivity contribution in [1.82, 2.24) is 20.3 Å². The molecule has 0 radical (unpaired) electrons. The van der Waals surface area contributed by atoms with E-state index >= 15 is 0 Å². The van der Waals surface area contributed by atoms with Gasteiger partial charge in [-0.1, -0.05) is 6.07 Å². The number of ether oxygens (including phenoxy) is 1. The summed E-state index contributed by atoms with van der Waals surface area (Å²) < 4.78 is 11.1. The molecule has 36 heavy (non-hydrogen) atoms. The van der Waals surface area contributed by atoms with Gasteiger partial charge in [0.25, 0.3) is 0 Å². The van der Waals surface area contributed by atoms with Crippen LogP contribution in [0.5, 0.6) is 0 Å². The van der Waals surface area contributed by atoms with Gasteiger partial charge in [0, 0.05) is 37.5 Å². The number of pyridine rings is 1. The van der Waals surface area contributed by atoms with Gasteiger partial charge in [-0.25, -0.2) is 9.78 Å². The topological polar surface area (TPSA) is 125 Å². The number of benzene rings is 1. The van der Waals surface area contributed by atoms with Crippen LogP contribution in [0.2, 0.25) is 0 Å². The van der Waals surface area contributed by atoms with Crippen LogP contribution in [0.3, 0.4) is 0 Å². The van der Waals surface area contributed by atoms with Crippen molar-refractivity contribution in [3.05, 3.63) is 53.0 Å². The number of carbonyl (C=O) groups excluding carboxylic acids is 1. The number of aromatic amines is 1. The van der Waals surface area contributed by atoms with Gasteiger partial charge in [-0.05, 0) is 63.1 Å². The molecule has 1 aromatic carbocycles. The van der Waals surface area contributed by atoms with E-state index in [2.05, 4.69) is 25.5 Å². The number of rotatable bonds is 5. The average Bonchev–Trinajstić information content (AvgIpc) is 3.30. The first kappa shape index (κ1) is 23.7. The number of furan rings is 1. The van der Waals surface area contributed by atoms with E-state index in [1.54, 1.807) is 12.3 Å². The zero-order valence-electron chi connectivity index (χ0n) is 20.6. The van der Waals surface area contributed by atoms with Crippen molar-refractivity contribution in [3.63, 3.8) is 0 Å². The lowest BCUT2D eigenvalue weighted by Gasteiger charge is -2.33. The van der Waals surface area contributed by atoms with Gasteiger partial charge < -0.3 is 29.7 Å². The molecule has 1 fully saturated rings. The molecule has 1 amide bonds. The third-order valence-corrected chi connectivity index (χ3v) is 6.12. The highest BCUT2D eigenvalue weighted by Crippen LogP contribution is 2.30. The molecule has 0 bridgehead atoms. The smallest absolute Gasteiger partial charge is 0.407 e. The Kier molecular flexibility index (Phi) is 6.26. The monoisotopic (exact) mass is 490 g/mol. The van der Waals surface area contributed by atoms with Crippen LogP contribution in [0.4, 0.5) is 22.2 Å². The van der Waals surface area contributed by atoms with E-state index in [1.165, 1.54) is 6.07 Å². The quantitative estimate of drug-likeness (QED) is 0.372. The summed E-state index contributed by atoms with van der Waals surface area (Å²) in [7, 11) is 0. The molecular formula is C26H30N6O4. The predicted molar refractivity (Wildman–Crippen MR) is 139 cm³/mol. The number of H-pyrrole nitrogens is 1. The molecule has 10 heteroatoms. The summed E-state index contributed by atoms with van der Waals surface area (Å²) >= 11 is 0. The van der Waals surface area contributed by atoms with Gasteiger partial charge in [0.2, 0.25) is 11.5 Å². The van der Waals surface area contributed by atoms with Crippen LogP contribution < -0.4 is 21.1 Å². The standard InChI is InChI=1S/C26H30N6O4/c1-26(2,3)36-25(34)27-15-16-8-11-32(12-9-16)23-22-19(10-13-35-22)30-24(31-23)28-18-6-4-17-5-7-21(33)29-20(17)14-18/h4-7,10,13-14,16H,8-9,11-12,15H2,1-3H3,(H,27,34)(H,29,33)(H,28,30,31). The number of piperidine rings is 1. The highest BCUT2D eigenvalue weighted by atomic mass is 16.6. The Bertz CT molecular complexity index is 1450. The van der Waals surface area contributed by atoms with Gasteiger partial charge in [-0.15, -0.1) is 0 Å². The van der Waals surface area contributed by atoms with E-state index in [0.717, 1.165) is 48.3 Å². The van der Waals surface area contributed by atoms with Crippen molar-refractivity contribution in [2.75, 3.05) is 29.9 Å². The Hall–Kier alpha value is -4.08. The van der Waals surface area contributed by atoms with Crippen LogP contribution in [0, 0.1) is 5.92 Å². The first-order chi connectivity index (χ1) is 17.2. The summed E-state index contributed by atoms with van der Waals surface area (Å²) in [6, 6.07) is 10.8. The van der Waals surface area contributed by atoms with Crippen LogP contribution in [0.1, 0.15) is 33.6 Å². The molecule has 0 aliphatic carbocycles. The van der Waals surface area contributed by atoms with Crippen LogP contribution in [0.25, 0.3) is 22.0 Å². The lowest BCUT2D eigenvalue weighted by Crippen LogP contribution is -2.40. The third kappa shape index (κ3) is 5.42. The summed E-state index contributed by atoms with van der Waals surface area (Å²) in [5, 5.41) is 7.09. The summed E-state index contributed by atoms with van der Waals surface area (Å²) in [6.07, 6.45) is 3.04. The van der Waals surface area contributed by atoms with Crippen molar-refractivity contribution >= 4 is 45.5 Å². The molecule has 0 spiro atoms. The maximum absolute atomic E-state index is 12.0. The summed E-state index contributed by atoms with van der Waals surface area (Å²) in [4.78, 5) is 38.1. The molecule has 188 valence electrons. The minimum Gasteiger partial charge on any atom is -0.459 e. The fourth-order valence-corrected chi connectivity index (χ4v) is 4.37. The summed E-state index contributed by atoms with van der Waals surface area (Å²) in [5.74, 6) is 1.55. The number of fused-ring (bicyclic) bond motifs is 2. The summed E-state index contributed by atoms with van der Waals surface area (Å²) in [5.41, 5.74) is 2.20. The minimum absolute atomic E-state index is 0.150. The van der Waals surface area contributed by atoms with Gasteiger partial charge in [-0.3, -0.25) is 4.79 Å². The first-order valence-electron chi connectivity index (χ1n) is 12.1. The number of hydrogen-bond acceptors (Lipinski definition) is 8. The zero-order valence-corrected chi connectivity index (χ0v) is 20.6. The van der Waals surface area contributed by atoms with Crippen LogP contribution in [-0.4, -0.2) is 46.3 Å². The summed E-state index contributed by atoms with van der Waals surface area (Å²) in [6.45, 7) is 7.71. The van der Waals surface area contributed by atoms with E-state index in [1.807, 2.05) is 45.0 Å². The largest absolute Gasteiger partial charge is 0.459 e. The minimum atomic E-state index is -0.509. The normalized spacial score (nSPS) is 14.8. The third-order valence-electron chi connectivity index (χ3n) is 6.12. The number of amides is 1. The van der Waals surface area contributed by atoms with Crippen molar-refractivity contribution in [2.24, 2.45) is 5.92 Å². The molecule has 5 rings (SSSR count). The predicted octanol–water partition coefficient (Wildman–Crippen LogP) is 4.55. The molecule has 1 saturated heterocycles. The fraction of sp³-hybridized carbons (Fsp3) is 0.385. The first-order valence-corrected chi connectivity index (χ1v) is 12.1. The number of aromatic nitrogens is 3. The van der Waals surface area contributed by atoms with Crippen molar-refractivity contribution in [2.45, 2.75) is 39.2 Å². The molecule has 0 saturated carbocycles. The van der Waals surface area contributed by atoms with Gasteiger partial charge in [0.15, 0.2) is 11.4 Å². The van der Waals surface area contributed by atoms with E-state index in [4.69, 9.17) is 14.1 Å². The molecule has 3 aromatic heterocycles. The number of hydrogen-bond donors (Lipinski definition) is 3. The molecule has 10 nitrogen and oxygen atoms in total. The number of alkyl carbamates (subject to hydrolysis) is 1. The van der Waals surface area contributed by atoms with Gasteiger partial charge in [0.1, 0.15) is 11.1 Å². The van der Waals surface area contributed by atoms with Gasteiger partial charge in [0.05, 0.1) is 11.8 Å². The molecule has 1 aliphatic rings. The Morgan fingerprint density at radius 3 is 2.72 bits per heavy atom. The Balaban J connectivity index is 1.29. The lowest BCUT2D eigenvalue weighted by atomic mass is 9.97. The molecular weight excluding hydrogens is 460 g/mol. The number of anilines is 3. The number of nitrogens with zero attached hydrogens (tertiary/aromatic N) is 3. The second-order valence-electron chi connectivity index (χ2n) is 10.1. The van der Waals surface area contributed by atoms with E-state index in [0.29, 0.717) is 29.5 Å². The van der Waals surface area contributed by atoms with E-state index in [-0.39, 0.29) is 11.7 Å². The van der Waals surface area contributed by atoms with Gasteiger partial charge in [-0.2, -0.15) is 4.98 Å². The second-order valence-corrected chi connectivity index (χ2v) is 10.1. The van der Waals surface area contributed by atoms with Crippen molar-refractivity contribution in [1.29, 1.82) is 0 Å². The van der Waals surface area contributed by atoms with E-state index < -0.39 is 5.60 Å². The lowest BCUT2D eigenvalue weighted by molar-refractivity contribution is 0.0517. The number of carbonyl (C=O) groups is 1. The Labute approximate surface area is 208 Å². The molecule has 4 heterocycles. The highest BCUT2D eigenvalue weighted by Gasteiger charge is 2.25. The molecule has 0 atom stereocenters. The van der Waals surface area contributed by atoms with Crippen molar-refractivity contribution < 1.29 is 13.9 Å². The van der Waals surface area contributed by atoms with Crippen LogP contribution in [0.15, 0.2) is 51.9 Å². The molecule has 4 aromatic rings. The molecule has 1 aliphatic heterocycles. The van der Waals surface area contributed by atoms with E-state index in [9.17, 15) is 9.59 Å². The van der Waals surface area contributed by atoms with Crippen molar-refractivity contribution in [3.8, 4) is 0 Å². The SMILES string of the molecule is CC(C)(C)OC(=O)NCC1CCN(c2nc(Nc3ccc4ccc(=O)[nH]c4c3)nc3ccoc23)CC1. The second kappa shape index (κ2) is 9.52. The fourth-order valence-electron chi connectivity index (χ4n) is 4.37. The Morgan fingerprint density at radius 2 is 1.94 bits per heavy atom.